The first-order valence-electron chi connectivity index (χ1n) is 7.23. The predicted octanol–water partition coefficient (Wildman–Crippen LogP) is 3.14. The second kappa shape index (κ2) is 5.66. The van der Waals surface area contributed by atoms with Crippen LogP contribution in [0.1, 0.15) is 19.3 Å². The fraction of sp³-hybridized carbons (Fsp3) is 0.500. The summed E-state index contributed by atoms with van der Waals surface area (Å²) in [5.41, 5.74) is 1.28. The smallest absolute Gasteiger partial charge is 0.128 e. The summed E-state index contributed by atoms with van der Waals surface area (Å²) in [4.78, 5) is 2.58. The summed E-state index contributed by atoms with van der Waals surface area (Å²) in [5.74, 6) is 0.968. The first kappa shape index (κ1) is 12.5. The average Bonchev–Trinajstić information content (AvgIpc) is 3.08. The van der Waals surface area contributed by atoms with E-state index >= 15 is 0 Å². The van der Waals surface area contributed by atoms with Gasteiger partial charge in [-0.15, -0.1) is 0 Å². The summed E-state index contributed by atoms with van der Waals surface area (Å²) in [5, 5.41) is 1.21. The minimum atomic E-state index is 0.968. The molecule has 1 aliphatic rings. The number of rotatable bonds is 5. The van der Waals surface area contributed by atoms with Crippen molar-refractivity contribution in [3.8, 4) is 5.75 Å². The SMILES string of the molecule is COc1cccc2c1ccn2CCCN1CCCC1. The molecule has 0 unspecified atom stereocenters. The number of hydrogen-bond donors (Lipinski definition) is 0. The van der Waals surface area contributed by atoms with Crippen LogP contribution < -0.4 is 4.74 Å². The minimum Gasteiger partial charge on any atom is -0.496 e. The lowest BCUT2D eigenvalue weighted by Crippen LogP contribution is -2.21. The highest BCUT2D eigenvalue weighted by atomic mass is 16.5. The van der Waals surface area contributed by atoms with E-state index in [-0.39, 0.29) is 0 Å². The van der Waals surface area contributed by atoms with Gasteiger partial charge in [-0.05, 0) is 57.1 Å². The van der Waals surface area contributed by atoms with E-state index in [1.807, 2.05) is 6.07 Å². The summed E-state index contributed by atoms with van der Waals surface area (Å²) >= 11 is 0. The quantitative estimate of drug-likeness (QED) is 0.819. The van der Waals surface area contributed by atoms with Crippen LogP contribution in [0.2, 0.25) is 0 Å². The molecule has 1 fully saturated rings. The van der Waals surface area contributed by atoms with Crippen molar-refractivity contribution in [2.45, 2.75) is 25.8 Å². The number of benzene rings is 1. The van der Waals surface area contributed by atoms with Gasteiger partial charge in [0.15, 0.2) is 0 Å². The number of likely N-dealkylation sites (tertiary alicyclic amines) is 1. The lowest BCUT2D eigenvalue weighted by atomic mass is 10.2. The molecule has 1 aliphatic heterocycles. The van der Waals surface area contributed by atoms with E-state index < -0.39 is 0 Å². The Bertz CT molecular complexity index is 541. The number of ether oxygens (including phenoxy) is 1. The maximum atomic E-state index is 5.40. The Balaban J connectivity index is 1.67. The van der Waals surface area contributed by atoms with Gasteiger partial charge in [0, 0.05) is 18.1 Å². The molecule has 3 heteroatoms. The Labute approximate surface area is 114 Å². The molecule has 102 valence electrons. The van der Waals surface area contributed by atoms with Crippen LogP contribution in [0.15, 0.2) is 30.5 Å². The van der Waals surface area contributed by atoms with Crippen LogP contribution in [0.25, 0.3) is 10.9 Å². The number of nitrogens with zero attached hydrogens (tertiary/aromatic N) is 2. The van der Waals surface area contributed by atoms with Crippen molar-refractivity contribution in [3.05, 3.63) is 30.5 Å². The van der Waals surface area contributed by atoms with Crippen LogP contribution in [-0.4, -0.2) is 36.2 Å². The highest BCUT2D eigenvalue weighted by Gasteiger charge is 2.11. The van der Waals surface area contributed by atoms with Crippen molar-refractivity contribution in [1.82, 2.24) is 9.47 Å². The third kappa shape index (κ3) is 2.61. The van der Waals surface area contributed by atoms with Crippen molar-refractivity contribution in [2.24, 2.45) is 0 Å². The monoisotopic (exact) mass is 258 g/mol. The van der Waals surface area contributed by atoms with Crippen LogP contribution >= 0.6 is 0 Å². The molecule has 2 aromatic rings. The van der Waals surface area contributed by atoms with Gasteiger partial charge in [0.1, 0.15) is 5.75 Å². The molecule has 3 nitrogen and oxygen atoms in total. The third-order valence-corrected chi connectivity index (χ3v) is 4.07. The van der Waals surface area contributed by atoms with Gasteiger partial charge in [-0.2, -0.15) is 0 Å². The number of fused-ring (bicyclic) bond motifs is 1. The zero-order chi connectivity index (χ0) is 13.1. The molecular formula is C16H22N2O. The second-order valence-corrected chi connectivity index (χ2v) is 5.30. The first-order chi connectivity index (χ1) is 9.38. The zero-order valence-corrected chi connectivity index (χ0v) is 11.6. The zero-order valence-electron chi connectivity index (χ0n) is 11.6. The molecule has 0 radical (unpaired) electrons. The van der Waals surface area contributed by atoms with E-state index in [9.17, 15) is 0 Å². The number of aryl methyl sites for hydroxylation is 1. The highest BCUT2D eigenvalue weighted by Crippen LogP contribution is 2.26. The molecule has 2 heterocycles. The first-order valence-corrected chi connectivity index (χ1v) is 7.23. The van der Waals surface area contributed by atoms with Crippen molar-refractivity contribution >= 4 is 10.9 Å². The number of hydrogen-bond acceptors (Lipinski definition) is 2. The standard InChI is InChI=1S/C16H22N2O/c1-19-16-7-4-6-15-14(16)8-13-18(15)12-5-11-17-9-2-3-10-17/h4,6-8,13H,2-3,5,9-12H2,1H3. The van der Waals surface area contributed by atoms with Crippen molar-refractivity contribution in [1.29, 1.82) is 0 Å². The van der Waals surface area contributed by atoms with E-state index in [1.54, 1.807) is 7.11 Å². The van der Waals surface area contributed by atoms with E-state index in [0.717, 1.165) is 12.3 Å². The maximum Gasteiger partial charge on any atom is 0.128 e. The van der Waals surface area contributed by atoms with E-state index in [1.165, 1.54) is 49.8 Å². The topological polar surface area (TPSA) is 17.4 Å². The molecule has 19 heavy (non-hydrogen) atoms. The molecule has 3 rings (SSSR count). The lowest BCUT2D eigenvalue weighted by Gasteiger charge is -2.14. The van der Waals surface area contributed by atoms with E-state index in [2.05, 4.69) is 33.9 Å². The lowest BCUT2D eigenvalue weighted by molar-refractivity contribution is 0.326. The largest absolute Gasteiger partial charge is 0.496 e. The second-order valence-electron chi connectivity index (χ2n) is 5.30. The Hall–Kier alpha value is -1.48. The fourth-order valence-electron chi connectivity index (χ4n) is 3.04. The molecule has 1 aromatic heterocycles. The Morgan fingerprint density at radius 2 is 1.95 bits per heavy atom. The van der Waals surface area contributed by atoms with Crippen LogP contribution in [-0.2, 0) is 6.54 Å². The van der Waals surface area contributed by atoms with Gasteiger partial charge in [-0.25, -0.2) is 0 Å². The van der Waals surface area contributed by atoms with Gasteiger partial charge >= 0.3 is 0 Å². The van der Waals surface area contributed by atoms with E-state index in [4.69, 9.17) is 4.74 Å². The van der Waals surface area contributed by atoms with Gasteiger partial charge in [-0.1, -0.05) is 6.07 Å². The third-order valence-electron chi connectivity index (χ3n) is 4.07. The highest BCUT2D eigenvalue weighted by molar-refractivity contribution is 5.86. The molecule has 0 aliphatic carbocycles. The minimum absolute atomic E-state index is 0.968. The summed E-state index contributed by atoms with van der Waals surface area (Å²) < 4.78 is 7.75. The van der Waals surface area contributed by atoms with E-state index in [0.29, 0.717) is 0 Å². The molecule has 0 amide bonds. The Morgan fingerprint density at radius 3 is 2.74 bits per heavy atom. The number of aromatic nitrogens is 1. The van der Waals surface area contributed by atoms with Crippen LogP contribution in [0.3, 0.4) is 0 Å². The summed E-state index contributed by atoms with van der Waals surface area (Å²) in [7, 11) is 1.74. The molecule has 1 saturated heterocycles. The van der Waals surface area contributed by atoms with Gasteiger partial charge in [0.05, 0.1) is 12.6 Å². The van der Waals surface area contributed by atoms with Gasteiger partial charge in [0.2, 0.25) is 0 Å². The van der Waals surface area contributed by atoms with Crippen LogP contribution in [0, 0.1) is 0 Å². The van der Waals surface area contributed by atoms with Gasteiger partial charge in [0.25, 0.3) is 0 Å². The maximum absolute atomic E-state index is 5.40. The van der Waals surface area contributed by atoms with Gasteiger partial charge in [-0.3, -0.25) is 0 Å². The predicted molar refractivity (Wildman–Crippen MR) is 78.8 cm³/mol. The van der Waals surface area contributed by atoms with Gasteiger partial charge < -0.3 is 14.2 Å². The molecule has 0 spiro atoms. The van der Waals surface area contributed by atoms with Crippen LogP contribution in [0.5, 0.6) is 5.75 Å². The van der Waals surface area contributed by atoms with Crippen molar-refractivity contribution in [2.75, 3.05) is 26.7 Å². The molecule has 0 atom stereocenters. The summed E-state index contributed by atoms with van der Waals surface area (Å²) in [6, 6.07) is 8.42. The summed E-state index contributed by atoms with van der Waals surface area (Å²) in [6.45, 7) is 4.90. The number of methoxy groups -OCH3 is 1. The average molecular weight is 258 g/mol. The normalized spacial score (nSPS) is 16.3. The molecular weight excluding hydrogens is 236 g/mol. The fourth-order valence-corrected chi connectivity index (χ4v) is 3.04. The molecule has 0 N–H and O–H groups in total. The van der Waals surface area contributed by atoms with Crippen molar-refractivity contribution < 1.29 is 4.74 Å². The summed E-state index contributed by atoms with van der Waals surface area (Å²) in [6.07, 6.45) is 6.16. The van der Waals surface area contributed by atoms with Crippen molar-refractivity contribution in [3.63, 3.8) is 0 Å². The van der Waals surface area contributed by atoms with Crippen LogP contribution in [0.4, 0.5) is 0 Å². The Morgan fingerprint density at radius 1 is 1.11 bits per heavy atom. The Kier molecular flexibility index (Phi) is 3.74. The molecule has 1 aromatic carbocycles. The molecule has 0 bridgehead atoms. The molecule has 0 saturated carbocycles.